The number of rotatable bonds is 2. The van der Waals surface area contributed by atoms with Crippen LogP contribution in [0, 0.1) is 0 Å². The molecule has 4 nitrogen and oxygen atoms in total. The highest BCUT2D eigenvalue weighted by Gasteiger charge is 2.30. The van der Waals surface area contributed by atoms with E-state index in [0.717, 1.165) is 18.7 Å². The molecule has 2 atom stereocenters. The molecule has 2 aliphatic rings. The van der Waals surface area contributed by atoms with Gasteiger partial charge in [-0.3, -0.25) is 9.80 Å². The van der Waals surface area contributed by atoms with E-state index in [-0.39, 0.29) is 17.5 Å². The van der Waals surface area contributed by atoms with Crippen molar-refractivity contribution >= 4 is 0 Å². The quantitative estimate of drug-likeness (QED) is 0.870. The maximum absolute atomic E-state index is 9.66. The van der Waals surface area contributed by atoms with Gasteiger partial charge in [-0.25, -0.2) is 0 Å². The van der Waals surface area contributed by atoms with Crippen molar-refractivity contribution in [3.05, 3.63) is 23.8 Å². The van der Waals surface area contributed by atoms with Crippen LogP contribution in [-0.4, -0.2) is 52.2 Å². The Morgan fingerprint density at radius 2 is 1.75 bits per heavy atom. The lowest BCUT2D eigenvalue weighted by Crippen LogP contribution is -2.37. The Kier molecular flexibility index (Phi) is 3.85. The fourth-order valence-electron chi connectivity index (χ4n) is 3.66. The number of phenols is 2. The summed E-state index contributed by atoms with van der Waals surface area (Å²) in [5.41, 5.74) is 0.994. The smallest absolute Gasteiger partial charge is 0.119 e. The van der Waals surface area contributed by atoms with Crippen LogP contribution in [0.1, 0.15) is 37.8 Å². The summed E-state index contributed by atoms with van der Waals surface area (Å²) in [6.45, 7) is 6.81. The van der Waals surface area contributed by atoms with Gasteiger partial charge in [0.25, 0.3) is 0 Å². The van der Waals surface area contributed by atoms with Gasteiger partial charge in [0.15, 0.2) is 0 Å². The Balaban J connectivity index is 1.76. The van der Waals surface area contributed by atoms with Crippen molar-refractivity contribution in [3.8, 4) is 11.5 Å². The first kappa shape index (κ1) is 13.7. The molecule has 2 heterocycles. The van der Waals surface area contributed by atoms with E-state index in [4.69, 9.17) is 0 Å². The summed E-state index contributed by atoms with van der Waals surface area (Å²) in [6.07, 6.45) is 3.82. The molecule has 3 rings (SSSR count). The van der Waals surface area contributed by atoms with Gasteiger partial charge in [-0.2, -0.15) is 0 Å². The number of nitrogens with zero attached hydrogens (tertiary/aromatic N) is 2. The minimum absolute atomic E-state index is 0.143. The summed E-state index contributed by atoms with van der Waals surface area (Å²) in [5, 5.41) is 19.3. The van der Waals surface area contributed by atoms with Gasteiger partial charge < -0.3 is 10.2 Å². The summed E-state index contributed by atoms with van der Waals surface area (Å²) in [6, 6.07) is 5.83. The van der Waals surface area contributed by atoms with Gasteiger partial charge in [-0.05, 0) is 57.0 Å². The van der Waals surface area contributed by atoms with E-state index in [0.29, 0.717) is 6.04 Å². The molecule has 0 spiro atoms. The van der Waals surface area contributed by atoms with Crippen LogP contribution in [0.25, 0.3) is 0 Å². The van der Waals surface area contributed by atoms with E-state index in [9.17, 15) is 10.2 Å². The van der Waals surface area contributed by atoms with Crippen molar-refractivity contribution in [2.24, 2.45) is 0 Å². The lowest BCUT2D eigenvalue weighted by Gasteiger charge is -2.31. The third-order valence-corrected chi connectivity index (χ3v) is 4.79. The number of fused-ring (bicyclic) bond motifs is 1. The molecule has 0 bridgehead atoms. The van der Waals surface area contributed by atoms with Gasteiger partial charge in [-0.15, -0.1) is 0 Å². The van der Waals surface area contributed by atoms with Crippen LogP contribution in [0.2, 0.25) is 0 Å². The molecule has 2 aliphatic heterocycles. The van der Waals surface area contributed by atoms with E-state index in [2.05, 4.69) is 16.7 Å². The Morgan fingerprint density at radius 1 is 1.05 bits per heavy atom. The molecule has 2 saturated heterocycles. The van der Waals surface area contributed by atoms with Gasteiger partial charge in [0.1, 0.15) is 11.5 Å². The fraction of sp³-hybridized carbons (Fsp3) is 0.625. The zero-order valence-corrected chi connectivity index (χ0v) is 12.1. The Morgan fingerprint density at radius 3 is 2.50 bits per heavy atom. The van der Waals surface area contributed by atoms with E-state index in [1.54, 1.807) is 12.1 Å². The van der Waals surface area contributed by atoms with Crippen LogP contribution in [-0.2, 0) is 0 Å². The molecule has 2 N–H and O–H groups in total. The maximum atomic E-state index is 9.66. The van der Waals surface area contributed by atoms with Crippen LogP contribution >= 0.6 is 0 Å². The zero-order valence-electron chi connectivity index (χ0n) is 12.1. The van der Waals surface area contributed by atoms with Crippen molar-refractivity contribution in [1.29, 1.82) is 0 Å². The van der Waals surface area contributed by atoms with E-state index >= 15 is 0 Å². The second kappa shape index (κ2) is 5.62. The molecule has 0 saturated carbocycles. The summed E-state index contributed by atoms with van der Waals surface area (Å²) < 4.78 is 0. The molecule has 4 heteroatoms. The minimum Gasteiger partial charge on any atom is -0.508 e. The average molecular weight is 276 g/mol. The predicted octanol–water partition coefficient (Wildman–Crippen LogP) is 2.33. The van der Waals surface area contributed by atoms with E-state index < -0.39 is 0 Å². The third-order valence-electron chi connectivity index (χ3n) is 4.79. The normalized spacial score (nSPS) is 26.1. The number of phenolic OH excluding ortho intramolecular Hbond substituents is 2. The highest BCUT2D eigenvalue weighted by Crippen LogP contribution is 2.31. The van der Waals surface area contributed by atoms with Crippen molar-refractivity contribution in [1.82, 2.24) is 9.80 Å². The summed E-state index contributed by atoms with van der Waals surface area (Å²) in [5.74, 6) is 0.285. The van der Waals surface area contributed by atoms with Crippen LogP contribution in [0.15, 0.2) is 18.2 Å². The second-order valence-electron chi connectivity index (χ2n) is 6.14. The Bertz CT molecular complexity index is 457. The molecule has 0 aromatic heterocycles. The minimum atomic E-state index is 0.143. The summed E-state index contributed by atoms with van der Waals surface area (Å²) >= 11 is 0. The molecule has 1 aromatic carbocycles. The Hall–Kier alpha value is -1.26. The van der Waals surface area contributed by atoms with Gasteiger partial charge in [0.2, 0.25) is 0 Å². The van der Waals surface area contributed by atoms with Gasteiger partial charge in [0, 0.05) is 31.2 Å². The topological polar surface area (TPSA) is 46.9 Å². The molecule has 0 aliphatic carbocycles. The lowest BCUT2D eigenvalue weighted by atomic mass is 10.0. The first-order valence-corrected chi connectivity index (χ1v) is 7.64. The first-order valence-electron chi connectivity index (χ1n) is 7.64. The SMILES string of the molecule is CC(c1cc(O)cc(O)c1)N1CCCN2CCCC2C1. The molecule has 0 amide bonds. The summed E-state index contributed by atoms with van der Waals surface area (Å²) in [7, 11) is 0. The van der Waals surface area contributed by atoms with Crippen molar-refractivity contribution in [2.45, 2.75) is 38.3 Å². The van der Waals surface area contributed by atoms with Crippen molar-refractivity contribution in [2.75, 3.05) is 26.2 Å². The predicted molar refractivity (Wildman–Crippen MR) is 79.0 cm³/mol. The van der Waals surface area contributed by atoms with Gasteiger partial charge in [0.05, 0.1) is 0 Å². The van der Waals surface area contributed by atoms with Crippen LogP contribution < -0.4 is 0 Å². The molecule has 2 fully saturated rings. The lowest BCUT2D eigenvalue weighted by molar-refractivity contribution is 0.182. The number of hydrogen-bond acceptors (Lipinski definition) is 4. The maximum Gasteiger partial charge on any atom is 0.119 e. The van der Waals surface area contributed by atoms with E-state index in [1.807, 2.05) is 0 Å². The van der Waals surface area contributed by atoms with Gasteiger partial charge in [-0.1, -0.05) is 0 Å². The van der Waals surface area contributed by atoms with Gasteiger partial charge >= 0.3 is 0 Å². The molecular formula is C16H24N2O2. The third kappa shape index (κ3) is 2.76. The first-order chi connectivity index (χ1) is 9.63. The van der Waals surface area contributed by atoms with Crippen LogP contribution in [0.4, 0.5) is 0 Å². The number of hydrogen-bond donors (Lipinski definition) is 2. The monoisotopic (exact) mass is 276 g/mol. The van der Waals surface area contributed by atoms with Crippen LogP contribution in [0.5, 0.6) is 11.5 Å². The van der Waals surface area contributed by atoms with Crippen molar-refractivity contribution in [3.63, 3.8) is 0 Å². The second-order valence-corrected chi connectivity index (χ2v) is 6.14. The molecule has 1 aromatic rings. The zero-order chi connectivity index (χ0) is 14.1. The fourth-order valence-corrected chi connectivity index (χ4v) is 3.66. The van der Waals surface area contributed by atoms with Crippen molar-refractivity contribution < 1.29 is 10.2 Å². The number of benzene rings is 1. The van der Waals surface area contributed by atoms with Crippen LogP contribution in [0.3, 0.4) is 0 Å². The molecule has 110 valence electrons. The largest absolute Gasteiger partial charge is 0.508 e. The Labute approximate surface area is 120 Å². The molecular weight excluding hydrogens is 252 g/mol. The van der Waals surface area contributed by atoms with E-state index in [1.165, 1.54) is 38.4 Å². The molecule has 2 unspecified atom stereocenters. The molecule has 0 radical (unpaired) electrons. The standard InChI is InChI=1S/C16H24N2O2/c1-12(13-8-15(19)10-16(20)9-13)18-7-3-6-17-5-2-4-14(17)11-18/h8-10,12,14,19-20H,2-7,11H2,1H3. The summed E-state index contributed by atoms with van der Waals surface area (Å²) in [4.78, 5) is 5.11. The average Bonchev–Trinajstić information content (AvgIpc) is 2.74. The molecule has 20 heavy (non-hydrogen) atoms. The highest BCUT2D eigenvalue weighted by atomic mass is 16.3. The highest BCUT2D eigenvalue weighted by molar-refractivity contribution is 5.38. The number of aromatic hydroxyl groups is 2.